The molecule has 21 heavy (non-hydrogen) atoms. The number of nitrogens with one attached hydrogen (secondary N) is 1. The Balaban J connectivity index is 2.07. The Morgan fingerprint density at radius 2 is 1.95 bits per heavy atom. The molecule has 1 aromatic carbocycles. The zero-order valence-corrected chi connectivity index (χ0v) is 12.5. The minimum absolute atomic E-state index is 0.165. The third-order valence-corrected chi connectivity index (χ3v) is 3.56. The van der Waals surface area contributed by atoms with Crippen molar-refractivity contribution in [2.24, 2.45) is 7.05 Å². The fourth-order valence-corrected chi connectivity index (χ4v) is 2.15. The van der Waals surface area contributed by atoms with Gasteiger partial charge in [-0.2, -0.15) is 0 Å². The minimum Gasteiger partial charge on any atom is -0.491 e. The van der Waals surface area contributed by atoms with Crippen LogP contribution in [0, 0.1) is 12.3 Å². The molecule has 5 nitrogen and oxygen atoms in total. The van der Waals surface area contributed by atoms with Crippen LogP contribution in [-0.2, 0) is 13.6 Å². The van der Waals surface area contributed by atoms with Crippen LogP contribution >= 0.6 is 0 Å². The Morgan fingerprint density at radius 3 is 2.52 bits per heavy atom. The summed E-state index contributed by atoms with van der Waals surface area (Å²) in [5.41, 5.74) is 1.29. The number of rotatable bonds is 5. The highest BCUT2D eigenvalue weighted by Crippen LogP contribution is 2.16. The Bertz CT molecular complexity index is 789. The van der Waals surface area contributed by atoms with Crippen LogP contribution in [-0.4, -0.2) is 27.0 Å². The summed E-state index contributed by atoms with van der Waals surface area (Å²) in [5.74, 6) is 0.758. The third kappa shape index (κ3) is 3.08. The first kappa shape index (κ1) is 15.1. The van der Waals surface area contributed by atoms with Gasteiger partial charge < -0.3 is 19.0 Å². The summed E-state index contributed by atoms with van der Waals surface area (Å²) in [6.45, 7) is 10.1. The fraction of sp³-hybridized carbons (Fsp3) is 0.312. The van der Waals surface area contributed by atoms with E-state index in [1.54, 1.807) is 16.2 Å². The molecule has 0 bridgehead atoms. The van der Waals surface area contributed by atoms with Gasteiger partial charge in [-0.05, 0) is 18.6 Å². The molecule has 0 fully saturated rings. The number of aromatic nitrogens is 2. The van der Waals surface area contributed by atoms with E-state index in [2.05, 4.69) is 13.2 Å². The van der Waals surface area contributed by atoms with Crippen LogP contribution in [0.5, 0.6) is 5.75 Å². The molecule has 0 aliphatic carbocycles. The van der Waals surface area contributed by atoms with Gasteiger partial charge in [-0.1, -0.05) is 31.4 Å². The zero-order valence-electron chi connectivity index (χ0n) is 12.5. The number of nitrogens with zero attached hydrogens (tertiary/aromatic N) is 2. The standard InChI is InChI=1S/C16H21N3O2/c1-11-7-5-6-8-15(11)21-10-14(20)9-19-13(3)12(2)18(4)16(19)17/h5-8,14,17,20H,2-3,9-10H2,1,4H3. The average molecular weight is 287 g/mol. The molecule has 0 saturated heterocycles. The number of hydrogen-bond acceptors (Lipinski definition) is 3. The van der Waals surface area contributed by atoms with E-state index in [4.69, 9.17) is 10.1 Å². The number of aliphatic hydroxyl groups is 1. The molecule has 1 unspecified atom stereocenters. The topological polar surface area (TPSA) is 63.2 Å². The molecule has 1 heterocycles. The first-order valence-corrected chi connectivity index (χ1v) is 6.76. The second-order valence-electron chi connectivity index (χ2n) is 5.12. The molecule has 0 saturated carbocycles. The van der Waals surface area contributed by atoms with Crippen LogP contribution in [0.25, 0.3) is 13.2 Å². The summed E-state index contributed by atoms with van der Waals surface area (Å²) in [4.78, 5) is 0. The maximum atomic E-state index is 10.1. The maximum absolute atomic E-state index is 10.1. The molecule has 0 amide bonds. The van der Waals surface area contributed by atoms with E-state index in [9.17, 15) is 5.11 Å². The molecule has 2 N–H and O–H groups in total. The molecule has 0 spiro atoms. The van der Waals surface area contributed by atoms with Crippen molar-refractivity contribution in [3.8, 4) is 5.75 Å². The van der Waals surface area contributed by atoms with E-state index < -0.39 is 6.10 Å². The van der Waals surface area contributed by atoms with Crippen LogP contribution in [0.15, 0.2) is 24.3 Å². The van der Waals surface area contributed by atoms with Crippen LogP contribution < -0.4 is 21.1 Å². The summed E-state index contributed by atoms with van der Waals surface area (Å²) >= 11 is 0. The fourth-order valence-electron chi connectivity index (χ4n) is 2.15. The Hall–Kier alpha value is -2.27. The van der Waals surface area contributed by atoms with E-state index in [1.165, 1.54) is 0 Å². The predicted molar refractivity (Wildman–Crippen MR) is 82.2 cm³/mol. The van der Waals surface area contributed by atoms with Crippen LogP contribution in [0.2, 0.25) is 0 Å². The zero-order chi connectivity index (χ0) is 15.6. The molecule has 112 valence electrons. The normalized spacial score (nSPS) is 12.3. The minimum atomic E-state index is -0.721. The number of benzene rings is 1. The first-order chi connectivity index (χ1) is 9.91. The van der Waals surface area contributed by atoms with Gasteiger partial charge >= 0.3 is 0 Å². The van der Waals surface area contributed by atoms with Gasteiger partial charge in [-0.25, -0.2) is 0 Å². The van der Waals surface area contributed by atoms with Gasteiger partial charge in [0.15, 0.2) is 0 Å². The van der Waals surface area contributed by atoms with Gasteiger partial charge in [0.1, 0.15) is 18.5 Å². The predicted octanol–water partition coefficient (Wildman–Crippen LogP) is -0.125. The van der Waals surface area contributed by atoms with Crippen molar-refractivity contribution in [3.63, 3.8) is 0 Å². The van der Waals surface area contributed by atoms with Gasteiger partial charge in [0.25, 0.3) is 0 Å². The number of hydrogen-bond donors (Lipinski definition) is 2. The number of imidazole rings is 1. The van der Waals surface area contributed by atoms with Crippen molar-refractivity contribution in [1.82, 2.24) is 9.13 Å². The van der Waals surface area contributed by atoms with Gasteiger partial charge in [-0.3, -0.25) is 5.41 Å². The molecular weight excluding hydrogens is 266 g/mol. The average Bonchev–Trinajstić information content (AvgIpc) is 2.64. The summed E-state index contributed by atoms with van der Waals surface area (Å²) < 4.78 is 8.89. The van der Waals surface area contributed by atoms with Crippen LogP contribution in [0.3, 0.4) is 0 Å². The molecule has 0 aliphatic heterocycles. The van der Waals surface area contributed by atoms with E-state index in [0.717, 1.165) is 11.3 Å². The SMILES string of the molecule is C=c1c(=C)n(CC(O)COc2ccccc2C)c(=N)n1C. The smallest absolute Gasteiger partial charge is 0.202 e. The lowest BCUT2D eigenvalue weighted by Gasteiger charge is -2.14. The molecule has 2 rings (SSSR count). The number of aryl methyl sites for hydroxylation is 1. The van der Waals surface area contributed by atoms with Gasteiger partial charge in [0.2, 0.25) is 5.62 Å². The lowest BCUT2D eigenvalue weighted by Crippen LogP contribution is -2.36. The van der Waals surface area contributed by atoms with E-state index in [0.29, 0.717) is 10.7 Å². The second kappa shape index (κ2) is 6.01. The molecule has 0 radical (unpaired) electrons. The molecular formula is C16H21N3O2. The van der Waals surface area contributed by atoms with E-state index in [-0.39, 0.29) is 18.8 Å². The highest BCUT2D eigenvalue weighted by molar-refractivity contribution is 5.31. The van der Waals surface area contributed by atoms with Crippen LogP contribution in [0.1, 0.15) is 5.56 Å². The summed E-state index contributed by atoms with van der Waals surface area (Å²) in [5, 5.41) is 19.4. The number of para-hydroxylation sites is 1. The lowest BCUT2D eigenvalue weighted by atomic mass is 10.2. The summed E-state index contributed by atoms with van der Waals surface area (Å²) in [6.07, 6.45) is -0.721. The summed E-state index contributed by atoms with van der Waals surface area (Å²) in [7, 11) is 1.76. The Kier molecular flexibility index (Phi) is 4.33. The lowest BCUT2D eigenvalue weighted by molar-refractivity contribution is 0.0902. The van der Waals surface area contributed by atoms with Crippen molar-refractivity contribution in [1.29, 1.82) is 5.41 Å². The number of aliphatic hydroxyl groups excluding tert-OH is 1. The van der Waals surface area contributed by atoms with Crippen molar-refractivity contribution < 1.29 is 9.84 Å². The van der Waals surface area contributed by atoms with Crippen molar-refractivity contribution in [2.45, 2.75) is 19.6 Å². The van der Waals surface area contributed by atoms with Gasteiger partial charge in [0, 0.05) is 7.05 Å². The van der Waals surface area contributed by atoms with Gasteiger partial charge in [-0.15, -0.1) is 0 Å². The van der Waals surface area contributed by atoms with Crippen LogP contribution in [0.4, 0.5) is 0 Å². The quantitative estimate of drug-likeness (QED) is 0.805. The highest BCUT2D eigenvalue weighted by atomic mass is 16.5. The largest absolute Gasteiger partial charge is 0.491 e. The molecule has 0 aliphatic rings. The molecule has 1 atom stereocenters. The summed E-state index contributed by atoms with van der Waals surface area (Å²) in [6, 6.07) is 7.66. The van der Waals surface area contributed by atoms with Crippen molar-refractivity contribution >= 4 is 13.2 Å². The van der Waals surface area contributed by atoms with E-state index >= 15 is 0 Å². The maximum Gasteiger partial charge on any atom is 0.202 e. The van der Waals surface area contributed by atoms with Crippen molar-refractivity contribution in [2.75, 3.05) is 6.61 Å². The molecule has 5 heteroatoms. The van der Waals surface area contributed by atoms with Gasteiger partial charge in [0.05, 0.1) is 17.2 Å². The number of ether oxygens (including phenoxy) is 1. The Morgan fingerprint density at radius 1 is 1.29 bits per heavy atom. The third-order valence-electron chi connectivity index (χ3n) is 3.56. The first-order valence-electron chi connectivity index (χ1n) is 6.76. The van der Waals surface area contributed by atoms with E-state index in [1.807, 2.05) is 31.2 Å². The van der Waals surface area contributed by atoms with Crippen molar-refractivity contribution in [3.05, 3.63) is 46.1 Å². The monoisotopic (exact) mass is 287 g/mol. The molecule has 1 aromatic heterocycles. The Labute approximate surface area is 123 Å². The second-order valence-corrected chi connectivity index (χ2v) is 5.12. The molecule has 2 aromatic rings. The highest BCUT2D eigenvalue weighted by Gasteiger charge is 2.10.